The summed E-state index contributed by atoms with van der Waals surface area (Å²) in [5.41, 5.74) is -5.49. The van der Waals surface area contributed by atoms with Gasteiger partial charge in [-0.2, -0.15) is 30.0 Å². The predicted octanol–water partition coefficient (Wildman–Crippen LogP) is 0.612. The lowest BCUT2D eigenvalue weighted by atomic mass is 10.4. The first-order valence-corrected chi connectivity index (χ1v) is 7.76. The van der Waals surface area contributed by atoms with Gasteiger partial charge in [0.15, 0.2) is 0 Å². The van der Waals surface area contributed by atoms with Crippen molar-refractivity contribution in [1.29, 1.82) is 0 Å². The van der Waals surface area contributed by atoms with Crippen molar-refractivity contribution < 1.29 is 38.4 Å². The van der Waals surface area contributed by atoms with Crippen LogP contribution in [0.2, 0.25) is 0 Å². The van der Waals surface area contributed by atoms with Gasteiger partial charge in [-0.1, -0.05) is 5.92 Å². The van der Waals surface area contributed by atoms with Crippen LogP contribution in [-0.2, 0) is 28.6 Å². The summed E-state index contributed by atoms with van der Waals surface area (Å²) in [5.74, 6) is 1.44. The van der Waals surface area contributed by atoms with Crippen LogP contribution in [0.15, 0.2) is 0 Å². The van der Waals surface area contributed by atoms with E-state index in [0.717, 1.165) is 0 Å². The molecule has 0 amide bonds. The molecule has 112 valence electrons. The highest BCUT2D eigenvalue weighted by Crippen LogP contribution is 2.24. The molecule has 0 unspecified atom stereocenters. The van der Waals surface area contributed by atoms with Crippen LogP contribution in [-0.4, -0.2) is 41.3 Å². The Morgan fingerprint density at radius 3 is 2.11 bits per heavy atom. The molecular weight excluding hydrogens is 313 g/mol. The molecule has 11 heteroatoms. The molecule has 0 aliphatic heterocycles. The van der Waals surface area contributed by atoms with E-state index in [0.29, 0.717) is 0 Å². The molecule has 0 aromatic carbocycles. The van der Waals surface area contributed by atoms with Gasteiger partial charge in [-0.15, -0.1) is 6.42 Å². The lowest BCUT2D eigenvalue weighted by Crippen LogP contribution is -2.26. The van der Waals surface area contributed by atoms with Gasteiger partial charge in [0.1, 0.15) is 6.61 Å². The van der Waals surface area contributed by atoms with Gasteiger partial charge in [-0.3, -0.25) is 8.37 Å². The van der Waals surface area contributed by atoms with E-state index in [4.69, 9.17) is 6.42 Å². The van der Waals surface area contributed by atoms with E-state index in [9.17, 15) is 30.0 Å². The highest BCUT2D eigenvalue weighted by atomic mass is 32.2. The van der Waals surface area contributed by atoms with Gasteiger partial charge >= 0.3 is 15.6 Å². The van der Waals surface area contributed by atoms with E-state index in [1.54, 1.807) is 0 Å². The quantitative estimate of drug-likeness (QED) is 0.281. The number of hydrogen-bond donors (Lipinski definition) is 0. The maximum atomic E-state index is 11.8. The fraction of sp³-hybridized carbons (Fsp3) is 0.750. The molecule has 0 aliphatic carbocycles. The average Bonchev–Trinajstić information content (AvgIpc) is 2.24. The van der Waals surface area contributed by atoms with Gasteiger partial charge in [0.2, 0.25) is 0 Å². The number of terminal acetylenes is 1. The summed E-state index contributed by atoms with van der Waals surface area (Å²) in [6.45, 7) is -1.21. The second-order valence-electron chi connectivity index (χ2n) is 3.16. The average molecular weight is 324 g/mol. The highest BCUT2D eigenvalue weighted by molar-refractivity contribution is 7.87. The normalized spacial score (nSPS) is 13.2. The molecular formula is C8H11F3O6S2. The zero-order chi connectivity index (χ0) is 15.2. The summed E-state index contributed by atoms with van der Waals surface area (Å²) in [6, 6.07) is 0. The minimum atomic E-state index is -5.64. The highest BCUT2D eigenvalue weighted by Gasteiger charge is 2.47. The van der Waals surface area contributed by atoms with Crippen molar-refractivity contribution in [2.24, 2.45) is 0 Å². The number of hydrogen-bond acceptors (Lipinski definition) is 6. The smallest absolute Gasteiger partial charge is 0.263 e. The van der Waals surface area contributed by atoms with Gasteiger partial charge in [0, 0.05) is 0 Å². The van der Waals surface area contributed by atoms with E-state index < -0.39 is 44.7 Å². The molecule has 0 N–H and O–H groups in total. The van der Waals surface area contributed by atoms with Crippen molar-refractivity contribution in [3.63, 3.8) is 0 Å². The van der Waals surface area contributed by atoms with Crippen LogP contribution < -0.4 is 0 Å². The molecule has 0 aromatic heterocycles. The summed E-state index contributed by atoms with van der Waals surface area (Å²) >= 11 is 0. The third-order valence-corrected chi connectivity index (χ3v) is 3.94. The zero-order valence-corrected chi connectivity index (χ0v) is 11.1. The Labute approximate surface area is 109 Å². The molecule has 0 bridgehead atoms. The molecule has 0 aliphatic rings. The third kappa shape index (κ3) is 7.36. The minimum absolute atomic E-state index is 0.125. The fourth-order valence-electron chi connectivity index (χ4n) is 0.799. The maximum Gasteiger partial charge on any atom is 0.523 e. The summed E-state index contributed by atoms with van der Waals surface area (Å²) in [6.07, 6.45) is 4.44. The Balaban J connectivity index is 4.00. The van der Waals surface area contributed by atoms with Crippen molar-refractivity contribution in [1.82, 2.24) is 0 Å². The molecule has 19 heavy (non-hydrogen) atoms. The van der Waals surface area contributed by atoms with Crippen LogP contribution >= 0.6 is 0 Å². The number of rotatable bonds is 8. The Morgan fingerprint density at radius 2 is 1.63 bits per heavy atom. The van der Waals surface area contributed by atoms with Crippen molar-refractivity contribution >= 4 is 20.2 Å². The Bertz CT molecular complexity index is 514. The Hall–Kier alpha value is -0.830. The fourth-order valence-corrected chi connectivity index (χ4v) is 2.19. The van der Waals surface area contributed by atoms with E-state index >= 15 is 0 Å². The standard InChI is InChI=1S/C8H11F3O6S2/c1-2-5-16-18(12,13)7-4-3-6-17-19(14,15)8(9,10)11/h1H,3-7H2. The topological polar surface area (TPSA) is 86.7 Å². The molecule has 0 fully saturated rings. The zero-order valence-electron chi connectivity index (χ0n) is 9.51. The van der Waals surface area contributed by atoms with Gasteiger partial charge < -0.3 is 0 Å². The summed E-state index contributed by atoms with van der Waals surface area (Å²) < 4.78 is 86.4. The van der Waals surface area contributed by atoms with Crippen LogP contribution in [0.1, 0.15) is 12.8 Å². The van der Waals surface area contributed by atoms with Gasteiger partial charge in [-0.05, 0) is 12.8 Å². The second kappa shape index (κ2) is 7.09. The number of halogens is 3. The third-order valence-electron chi connectivity index (χ3n) is 1.63. The first kappa shape index (κ1) is 18.2. The summed E-state index contributed by atoms with van der Waals surface area (Å²) in [4.78, 5) is 0. The monoisotopic (exact) mass is 324 g/mol. The van der Waals surface area contributed by atoms with Crippen LogP contribution in [0.5, 0.6) is 0 Å². The minimum Gasteiger partial charge on any atom is -0.263 e. The van der Waals surface area contributed by atoms with E-state index in [-0.39, 0.29) is 12.8 Å². The number of alkyl halides is 3. The van der Waals surface area contributed by atoms with Crippen molar-refractivity contribution in [3.05, 3.63) is 0 Å². The summed E-state index contributed by atoms with van der Waals surface area (Å²) in [7, 11) is -9.49. The van der Waals surface area contributed by atoms with E-state index in [2.05, 4.69) is 8.37 Å². The molecule has 0 saturated heterocycles. The van der Waals surface area contributed by atoms with Gasteiger partial charge in [-0.25, -0.2) is 0 Å². The van der Waals surface area contributed by atoms with Gasteiger partial charge in [0.25, 0.3) is 10.1 Å². The number of unbranched alkanes of at least 4 members (excludes halogenated alkanes) is 1. The van der Waals surface area contributed by atoms with Crippen LogP contribution in [0.4, 0.5) is 13.2 Å². The lowest BCUT2D eigenvalue weighted by molar-refractivity contribution is -0.0542. The van der Waals surface area contributed by atoms with Gasteiger partial charge in [0.05, 0.1) is 12.4 Å². The van der Waals surface area contributed by atoms with Crippen molar-refractivity contribution in [3.8, 4) is 12.3 Å². The molecule has 0 atom stereocenters. The molecule has 6 nitrogen and oxygen atoms in total. The van der Waals surface area contributed by atoms with E-state index in [1.165, 1.54) is 0 Å². The SMILES string of the molecule is C#CCOS(=O)(=O)CCCCOS(=O)(=O)C(F)(F)F. The van der Waals surface area contributed by atoms with Crippen LogP contribution in [0.3, 0.4) is 0 Å². The molecule has 0 saturated carbocycles. The lowest BCUT2D eigenvalue weighted by Gasteiger charge is -2.08. The van der Waals surface area contributed by atoms with Crippen LogP contribution in [0.25, 0.3) is 0 Å². The molecule has 0 aromatic rings. The van der Waals surface area contributed by atoms with Crippen LogP contribution in [0, 0.1) is 12.3 Å². The van der Waals surface area contributed by atoms with Crippen molar-refractivity contribution in [2.75, 3.05) is 19.0 Å². The molecule has 0 radical (unpaired) electrons. The Kier molecular flexibility index (Phi) is 6.78. The Morgan fingerprint density at radius 1 is 1.05 bits per heavy atom. The largest absolute Gasteiger partial charge is 0.523 e. The van der Waals surface area contributed by atoms with Crippen molar-refractivity contribution in [2.45, 2.75) is 18.3 Å². The molecule has 0 heterocycles. The summed E-state index contributed by atoms with van der Waals surface area (Å²) in [5, 5.41) is 0. The molecule has 0 rings (SSSR count). The van der Waals surface area contributed by atoms with E-state index in [1.807, 2.05) is 5.92 Å². The second-order valence-corrected chi connectivity index (χ2v) is 6.52. The first-order chi connectivity index (χ1) is 8.52. The first-order valence-electron chi connectivity index (χ1n) is 4.78. The maximum absolute atomic E-state index is 11.8. The predicted molar refractivity (Wildman–Crippen MR) is 58.7 cm³/mol. The molecule has 0 spiro atoms.